The summed E-state index contributed by atoms with van der Waals surface area (Å²) in [6.45, 7) is 0. The number of hydrogen-bond donors (Lipinski definition) is 0. The highest BCUT2D eigenvalue weighted by Crippen LogP contribution is 2.41. The van der Waals surface area contributed by atoms with Gasteiger partial charge in [-0.1, -0.05) is 297 Å². The second-order valence-electron chi connectivity index (χ2n) is 28.4. The molecule has 0 bridgehead atoms. The fraction of sp³-hybridized carbons (Fsp3) is 0. The Balaban J connectivity index is 0.000000159. The quantitative estimate of drug-likeness (QED) is 0.0791. The van der Waals surface area contributed by atoms with Gasteiger partial charge in [-0.05, 0) is 125 Å². The molecule has 564 valence electrons. The molecule has 0 aliphatic rings. The first-order valence-corrected chi connectivity index (χ1v) is 39.4. The second kappa shape index (κ2) is 34.2. The minimum Gasteiger partial charge on any atom is -0.255 e. The molecule has 0 radical (unpaired) electrons. The number of pyridine rings is 6. The van der Waals surface area contributed by atoms with Crippen LogP contribution in [-0.2, 0) is 0 Å². The standard InChI is InChI=1S/2C53H35N7/c1-5-17-36(18-6-1)45-34-46(37-19-7-2-8-20-37)59-53(58-45)41-26-15-25-40(31-41)42-32-49(44-28-13-14-29-54-44)56-50(33-42)51-43(27-16-30-55-51)48-35-47(38-21-9-3-10-22-38)57-52(60-48)39-23-11-4-12-24-39;1-5-16-37(17-6-1)45-34-46(38-18-7-2-8-19-38)58-53(57-45)41-28-26-36(27-29-41)42-32-49(44-25-13-14-30-54-44)56-50(33-42)51-43(24-15-31-55-51)48-35-47(39-20-9-3-10-21-39)59-52(60-48)40-22-11-4-12-23-40/h2*1-35H. The third kappa shape index (κ3) is 16.4. The number of benzene rings is 10. The van der Waals surface area contributed by atoms with Crippen LogP contribution in [0.1, 0.15) is 0 Å². The van der Waals surface area contributed by atoms with Gasteiger partial charge in [0.2, 0.25) is 0 Å². The lowest BCUT2D eigenvalue weighted by Crippen LogP contribution is -1.99. The Labute approximate surface area is 694 Å². The Bertz CT molecular complexity index is 6730. The van der Waals surface area contributed by atoms with Crippen LogP contribution in [0.15, 0.2) is 425 Å². The van der Waals surface area contributed by atoms with Gasteiger partial charge in [0, 0.05) is 91.5 Å². The summed E-state index contributed by atoms with van der Waals surface area (Å²) < 4.78 is 0. The maximum atomic E-state index is 5.22. The average molecular weight is 1540 g/mol. The molecule has 0 unspecified atom stereocenters. The van der Waals surface area contributed by atoms with E-state index < -0.39 is 0 Å². The van der Waals surface area contributed by atoms with Crippen molar-refractivity contribution in [1.29, 1.82) is 0 Å². The summed E-state index contributed by atoms with van der Waals surface area (Å²) in [4.78, 5) is 70.4. The monoisotopic (exact) mass is 1540 g/mol. The smallest absolute Gasteiger partial charge is 0.160 e. The molecule has 10 heterocycles. The topological polar surface area (TPSA) is 180 Å². The first kappa shape index (κ1) is 73.6. The van der Waals surface area contributed by atoms with E-state index in [1.807, 2.05) is 243 Å². The third-order valence-electron chi connectivity index (χ3n) is 20.5. The van der Waals surface area contributed by atoms with Crippen LogP contribution in [-0.4, -0.2) is 69.8 Å². The van der Waals surface area contributed by atoms with Gasteiger partial charge in [0.15, 0.2) is 23.3 Å². The van der Waals surface area contributed by atoms with E-state index in [9.17, 15) is 0 Å². The first-order valence-electron chi connectivity index (χ1n) is 39.4. The predicted octanol–water partition coefficient (Wildman–Crippen LogP) is 24.9. The Hall–Kier alpha value is -16.6. The molecule has 0 atom stereocenters. The van der Waals surface area contributed by atoms with Crippen molar-refractivity contribution in [3.63, 3.8) is 0 Å². The zero-order valence-electron chi connectivity index (χ0n) is 64.7. The van der Waals surface area contributed by atoms with Crippen LogP contribution in [0, 0.1) is 0 Å². The molecule has 20 aromatic rings. The van der Waals surface area contributed by atoms with E-state index in [2.05, 4.69) is 163 Å². The molecule has 0 amide bonds. The van der Waals surface area contributed by atoms with Crippen LogP contribution in [0.2, 0.25) is 0 Å². The predicted molar refractivity (Wildman–Crippen MR) is 480 cm³/mol. The lowest BCUT2D eigenvalue weighted by Gasteiger charge is -2.14. The molecule has 10 aromatic carbocycles. The summed E-state index contributed by atoms with van der Waals surface area (Å²) in [5.41, 5.74) is 27.6. The molecule has 0 saturated carbocycles. The molecular formula is C106H70N14. The SMILES string of the molecule is c1ccc(-c2cc(-c3ccccc3)nc(-c3ccc(-c4cc(-c5ccccn5)nc(-c5ncccc5-c5cc(-c6ccccc6)nc(-c6ccccc6)n5)c4)cc3)n2)cc1.c1ccc(-c2cc(-c3ccccc3)nc(-c3cccc(-c4cc(-c5ccccn5)nc(-c5ncccc5-c5cc(-c6ccccc6)nc(-c6ccccc6)n5)c4)c3)n2)cc1. The number of aromatic nitrogens is 14. The summed E-state index contributed by atoms with van der Waals surface area (Å²) in [6, 6.07) is 134. The van der Waals surface area contributed by atoms with E-state index in [-0.39, 0.29) is 0 Å². The van der Waals surface area contributed by atoms with Gasteiger partial charge in [0.05, 0.1) is 91.1 Å². The largest absolute Gasteiger partial charge is 0.255 e. The van der Waals surface area contributed by atoms with Crippen molar-refractivity contribution >= 4 is 0 Å². The van der Waals surface area contributed by atoms with E-state index >= 15 is 0 Å². The van der Waals surface area contributed by atoms with Crippen molar-refractivity contribution in [2.45, 2.75) is 0 Å². The van der Waals surface area contributed by atoms with Crippen LogP contribution in [0.3, 0.4) is 0 Å². The van der Waals surface area contributed by atoms with Gasteiger partial charge in [0.1, 0.15) is 0 Å². The fourth-order valence-electron chi connectivity index (χ4n) is 14.5. The number of rotatable bonds is 18. The number of hydrogen-bond acceptors (Lipinski definition) is 14. The van der Waals surface area contributed by atoms with Crippen LogP contribution >= 0.6 is 0 Å². The zero-order valence-corrected chi connectivity index (χ0v) is 64.7. The van der Waals surface area contributed by atoms with Gasteiger partial charge < -0.3 is 0 Å². The molecule has 20 rings (SSSR count). The fourth-order valence-corrected chi connectivity index (χ4v) is 14.5. The maximum absolute atomic E-state index is 5.22. The van der Waals surface area contributed by atoms with Crippen LogP contribution in [0.5, 0.6) is 0 Å². The first-order chi connectivity index (χ1) is 59.4. The molecule has 0 fully saturated rings. The molecule has 10 aromatic heterocycles. The molecule has 14 heteroatoms. The summed E-state index contributed by atoms with van der Waals surface area (Å²) in [5, 5.41) is 0. The minimum atomic E-state index is 0.628. The molecule has 0 aliphatic carbocycles. The zero-order chi connectivity index (χ0) is 80.2. The Morgan fingerprint density at radius 3 is 0.717 bits per heavy atom. The van der Waals surface area contributed by atoms with Crippen molar-refractivity contribution in [2.75, 3.05) is 0 Å². The average Bonchev–Trinajstić information content (AvgIpc) is 0.778. The molecular weight excluding hydrogens is 1470 g/mol. The van der Waals surface area contributed by atoms with Gasteiger partial charge in [-0.25, -0.2) is 49.8 Å². The van der Waals surface area contributed by atoms with Crippen molar-refractivity contribution in [3.8, 4) is 203 Å². The lowest BCUT2D eigenvalue weighted by atomic mass is 9.98. The van der Waals surface area contributed by atoms with Gasteiger partial charge >= 0.3 is 0 Å². The van der Waals surface area contributed by atoms with Crippen LogP contribution < -0.4 is 0 Å². The van der Waals surface area contributed by atoms with E-state index in [0.29, 0.717) is 46.1 Å². The van der Waals surface area contributed by atoms with Gasteiger partial charge in [-0.15, -0.1) is 0 Å². The van der Waals surface area contributed by atoms with Crippen LogP contribution in [0.25, 0.3) is 203 Å². The van der Waals surface area contributed by atoms with E-state index in [1.54, 1.807) is 24.8 Å². The highest BCUT2D eigenvalue weighted by molar-refractivity contribution is 5.88. The molecule has 14 nitrogen and oxygen atoms in total. The number of nitrogens with zero attached hydrogens (tertiary/aromatic N) is 14. The van der Waals surface area contributed by atoms with Crippen LogP contribution in [0.4, 0.5) is 0 Å². The van der Waals surface area contributed by atoms with Gasteiger partial charge in [0.25, 0.3) is 0 Å². The highest BCUT2D eigenvalue weighted by atomic mass is 14.9. The van der Waals surface area contributed by atoms with Crippen molar-refractivity contribution in [1.82, 2.24) is 69.8 Å². The Morgan fingerprint density at radius 2 is 0.375 bits per heavy atom. The third-order valence-corrected chi connectivity index (χ3v) is 20.5. The maximum Gasteiger partial charge on any atom is 0.160 e. The molecule has 0 spiro atoms. The summed E-state index contributed by atoms with van der Waals surface area (Å²) in [6.07, 6.45) is 7.17. The molecule has 0 N–H and O–H groups in total. The Kier molecular flexibility index (Phi) is 21.0. The van der Waals surface area contributed by atoms with Crippen molar-refractivity contribution < 1.29 is 0 Å². The van der Waals surface area contributed by atoms with Crippen molar-refractivity contribution in [2.24, 2.45) is 0 Å². The Morgan fingerprint density at radius 1 is 0.117 bits per heavy atom. The van der Waals surface area contributed by atoms with E-state index in [1.165, 1.54) is 0 Å². The minimum absolute atomic E-state index is 0.628. The highest BCUT2D eigenvalue weighted by Gasteiger charge is 2.23. The van der Waals surface area contributed by atoms with E-state index in [4.69, 9.17) is 64.8 Å². The summed E-state index contributed by atoms with van der Waals surface area (Å²) in [7, 11) is 0. The second-order valence-corrected chi connectivity index (χ2v) is 28.4. The van der Waals surface area contributed by atoms with Gasteiger partial charge in [-0.3, -0.25) is 19.9 Å². The molecule has 0 saturated heterocycles. The summed E-state index contributed by atoms with van der Waals surface area (Å²) in [5.74, 6) is 2.55. The molecule has 120 heavy (non-hydrogen) atoms. The van der Waals surface area contributed by atoms with E-state index in [0.717, 1.165) is 157 Å². The lowest BCUT2D eigenvalue weighted by molar-refractivity contribution is 1.17. The van der Waals surface area contributed by atoms with Gasteiger partial charge in [-0.2, -0.15) is 0 Å². The normalized spacial score (nSPS) is 11.0. The molecule has 0 aliphatic heterocycles. The summed E-state index contributed by atoms with van der Waals surface area (Å²) >= 11 is 0. The van der Waals surface area contributed by atoms with Crippen molar-refractivity contribution in [3.05, 3.63) is 425 Å².